The van der Waals surface area contributed by atoms with E-state index in [4.69, 9.17) is 0 Å². The Bertz CT molecular complexity index is 765. The van der Waals surface area contributed by atoms with Gasteiger partial charge in [-0.1, -0.05) is 13.3 Å². The van der Waals surface area contributed by atoms with E-state index >= 15 is 0 Å². The molecule has 1 aromatic heterocycles. The summed E-state index contributed by atoms with van der Waals surface area (Å²) in [5, 5.41) is 2.69. The van der Waals surface area contributed by atoms with Gasteiger partial charge in [-0.25, -0.2) is 22.2 Å². The van der Waals surface area contributed by atoms with Gasteiger partial charge in [-0.3, -0.25) is 4.72 Å². The van der Waals surface area contributed by atoms with Gasteiger partial charge in [0.2, 0.25) is 10.0 Å². The molecule has 0 aliphatic carbocycles. The minimum Gasteiger partial charge on any atom is -0.338 e. The average molecular weight is 341 g/mol. The standard InChI is InChI=1S/C15H17F2N3O2S/c1-2-3-8-23(21,22)20-12-5-7-15(18-10-12)19-14-6-4-11(16)9-13(14)17/h4-7,9-10,20H,2-3,8H2,1H3,(H,18,19). The normalized spacial score (nSPS) is 11.3. The smallest absolute Gasteiger partial charge is 0.232 e. The van der Waals surface area contributed by atoms with Gasteiger partial charge in [-0.15, -0.1) is 0 Å². The molecule has 0 bridgehead atoms. The van der Waals surface area contributed by atoms with Crippen molar-refractivity contribution in [2.45, 2.75) is 19.8 Å². The molecule has 0 saturated heterocycles. The van der Waals surface area contributed by atoms with Crippen molar-refractivity contribution in [3.63, 3.8) is 0 Å². The highest BCUT2D eigenvalue weighted by molar-refractivity contribution is 7.92. The number of halogens is 2. The fraction of sp³-hybridized carbons (Fsp3) is 0.267. The SMILES string of the molecule is CCCCS(=O)(=O)Nc1ccc(Nc2ccc(F)cc2F)nc1. The summed E-state index contributed by atoms with van der Waals surface area (Å²) in [5.74, 6) is -1.05. The third-order valence-corrected chi connectivity index (χ3v) is 4.37. The van der Waals surface area contributed by atoms with Crippen LogP contribution in [0.4, 0.5) is 26.0 Å². The summed E-state index contributed by atoms with van der Waals surface area (Å²) in [6.07, 6.45) is 2.69. The quantitative estimate of drug-likeness (QED) is 0.806. The number of benzene rings is 1. The molecule has 124 valence electrons. The molecule has 0 unspecified atom stereocenters. The highest BCUT2D eigenvalue weighted by atomic mass is 32.2. The van der Waals surface area contributed by atoms with Crippen LogP contribution in [0.1, 0.15) is 19.8 Å². The summed E-state index contributed by atoms with van der Waals surface area (Å²) in [5.41, 5.74) is 0.404. The zero-order chi connectivity index (χ0) is 16.9. The van der Waals surface area contributed by atoms with Gasteiger partial charge in [0.15, 0.2) is 0 Å². The Labute approximate surface area is 133 Å². The van der Waals surface area contributed by atoms with Gasteiger partial charge >= 0.3 is 0 Å². The van der Waals surface area contributed by atoms with E-state index in [2.05, 4.69) is 15.0 Å². The molecule has 23 heavy (non-hydrogen) atoms. The molecule has 0 saturated carbocycles. The Kier molecular flexibility index (Phi) is 5.49. The fourth-order valence-corrected chi connectivity index (χ4v) is 3.07. The van der Waals surface area contributed by atoms with Crippen molar-refractivity contribution in [1.29, 1.82) is 0 Å². The summed E-state index contributed by atoms with van der Waals surface area (Å²) in [6.45, 7) is 1.91. The van der Waals surface area contributed by atoms with Crippen molar-refractivity contribution in [3.05, 3.63) is 48.2 Å². The Morgan fingerprint density at radius 2 is 1.96 bits per heavy atom. The maximum absolute atomic E-state index is 13.5. The van der Waals surface area contributed by atoms with Crippen molar-refractivity contribution in [3.8, 4) is 0 Å². The maximum atomic E-state index is 13.5. The number of unbranched alkanes of at least 4 members (excludes halogenated alkanes) is 1. The van der Waals surface area contributed by atoms with E-state index < -0.39 is 21.7 Å². The second kappa shape index (κ2) is 7.36. The van der Waals surface area contributed by atoms with E-state index in [-0.39, 0.29) is 11.4 Å². The topological polar surface area (TPSA) is 71.1 Å². The van der Waals surface area contributed by atoms with Crippen LogP contribution in [-0.4, -0.2) is 19.2 Å². The molecule has 0 aliphatic heterocycles. The second-order valence-corrected chi connectivity index (χ2v) is 6.80. The lowest BCUT2D eigenvalue weighted by atomic mass is 10.3. The van der Waals surface area contributed by atoms with Gasteiger partial charge in [-0.05, 0) is 30.7 Å². The summed E-state index contributed by atoms with van der Waals surface area (Å²) >= 11 is 0. The first-order valence-electron chi connectivity index (χ1n) is 7.08. The first-order valence-corrected chi connectivity index (χ1v) is 8.73. The van der Waals surface area contributed by atoms with Crippen LogP contribution in [0, 0.1) is 11.6 Å². The zero-order valence-electron chi connectivity index (χ0n) is 12.5. The predicted molar refractivity (Wildman–Crippen MR) is 86.2 cm³/mol. The zero-order valence-corrected chi connectivity index (χ0v) is 13.3. The number of hydrogen-bond donors (Lipinski definition) is 2. The fourth-order valence-electron chi connectivity index (χ4n) is 1.82. The highest BCUT2D eigenvalue weighted by Crippen LogP contribution is 2.20. The number of sulfonamides is 1. The monoisotopic (exact) mass is 341 g/mol. The first kappa shape index (κ1) is 17.1. The number of hydrogen-bond acceptors (Lipinski definition) is 4. The van der Waals surface area contributed by atoms with Crippen molar-refractivity contribution >= 4 is 27.2 Å². The summed E-state index contributed by atoms with van der Waals surface area (Å²) in [4.78, 5) is 4.00. The molecule has 0 atom stereocenters. The first-order chi connectivity index (χ1) is 10.9. The molecule has 2 aromatic rings. The third-order valence-electron chi connectivity index (χ3n) is 3.00. The summed E-state index contributed by atoms with van der Waals surface area (Å²) < 4.78 is 52.3. The van der Waals surface area contributed by atoms with Crippen LogP contribution in [0.3, 0.4) is 0 Å². The molecule has 0 fully saturated rings. The van der Waals surface area contributed by atoms with E-state index in [0.717, 1.165) is 18.6 Å². The van der Waals surface area contributed by atoms with Crippen LogP contribution in [-0.2, 0) is 10.0 Å². The van der Waals surface area contributed by atoms with Crippen LogP contribution in [0.2, 0.25) is 0 Å². The summed E-state index contributed by atoms with van der Waals surface area (Å²) in [7, 11) is -3.39. The maximum Gasteiger partial charge on any atom is 0.232 e. The molecular weight excluding hydrogens is 324 g/mol. The number of aromatic nitrogens is 1. The summed E-state index contributed by atoms with van der Waals surface area (Å²) in [6, 6.07) is 6.16. The highest BCUT2D eigenvalue weighted by Gasteiger charge is 2.10. The molecule has 0 spiro atoms. The molecule has 0 amide bonds. The van der Waals surface area contributed by atoms with Gasteiger partial charge in [0.05, 0.1) is 23.3 Å². The molecule has 0 aliphatic rings. The van der Waals surface area contributed by atoms with Crippen molar-refractivity contribution in [2.75, 3.05) is 15.8 Å². The Balaban J connectivity index is 2.05. The number of nitrogens with zero attached hydrogens (tertiary/aromatic N) is 1. The minimum absolute atomic E-state index is 0.0459. The second-order valence-electron chi connectivity index (χ2n) is 4.96. The van der Waals surface area contributed by atoms with Gasteiger partial charge < -0.3 is 5.32 Å². The lowest BCUT2D eigenvalue weighted by Gasteiger charge is -2.09. The van der Waals surface area contributed by atoms with Crippen LogP contribution >= 0.6 is 0 Å². The molecule has 1 heterocycles. The van der Waals surface area contributed by atoms with Gasteiger partial charge in [0.25, 0.3) is 0 Å². The van der Waals surface area contributed by atoms with E-state index in [1.165, 1.54) is 24.4 Å². The van der Waals surface area contributed by atoms with Crippen LogP contribution in [0.5, 0.6) is 0 Å². The average Bonchev–Trinajstić information content (AvgIpc) is 2.50. The molecule has 1 aromatic carbocycles. The van der Waals surface area contributed by atoms with Crippen LogP contribution in [0.25, 0.3) is 0 Å². The van der Waals surface area contributed by atoms with Crippen molar-refractivity contribution in [1.82, 2.24) is 4.98 Å². The number of pyridine rings is 1. The van der Waals surface area contributed by atoms with E-state index in [9.17, 15) is 17.2 Å². The number of nitrogens with one attached hydrogen (secondary N) is 2. The van der Waals surface area contributed by atoms with Crippen LogP contribution < -0.4 is 10.0 Å². The Hall–Kier alpha value is -2.22. The largest absolute Gasteiger partial charge is 0.338 e. The molecule has 2 N–H and O–H groups in total. The molecule has 0 radical (unpaired) electrons. The van der Waals surface area contributed by atoms with Crippen LogP contribution in [0.15, 0.2) is 36.5 Å². The van der Waals surface area contributed by atoms with E-state index in [1.54, 1.807) is 0 Å². The molecule has 2 rings (SSSR count). The van der Waals surface area contributed by atoms with E-state index in [0.29, 0.717) is 17.9 Å². The molecule has 8 heteroatoms. The predicted octanol–water partition coefficient (Wildman–Crippen LogP) is 3.65. The lowest BCUT2D eigenvalue weighted by Crippen LogP contribution is -2.16. The number of rotatable bonds is 7. The Morgan fingerprint density at radius 3 is 2.57 bits per heavy atom. The van der Waals surface area contributed by atoms with Crippen molar-refractivity contribution in [2.24, 2.45) is 0 Å². The van der Waals surface area contributed by atoms with Crippen molar-refractivity contribution < 1.29 is 17.2 Å². The van der Waals surface area contributed by atoms with Gasteiger partial charge in [-0.2, -0.15) is 0 Å². The minimum atomic E-state index is -3.39. The van der Waals surface area contributed by atoms with E-state index in [1.807, 2.05) is 6.92 Å². The lowest BCUT2D eigenvalue weighted by molar-refractivity contribution is 0.586. The number of anilines is 3. The van der Waals surface area contributed by atoms with Gasteiger partial charge in [0.1, 0.15) is 17.5 Å². The Morgan fingerprint density at radius 1 is 1.17 bits per heavy atom. The third kappa shape index (κ3) is 5.17. The van der Waals surface area contributed by atoms with Gasteiger partial charge in [0, 0.05) is 6.07 Å². The molecular formula is C15H17F2N3O2S. The molecule has 5 nitrogen and oxygen atoms in total.